The van der Waals surface area contributed by atoms with Gasteiger partial charge in [-0.3, -0.25) is 9.59 Å². The topological polar surface area (TPSA) is 84.9 Å². The lowest BCUT2D eigenvalue weighted by Crippen LogP contribution is -2.38. The van der Waals surface area contributed by atoms with Gasteiger partial charge in [-0.15, -0.1) is 0 Å². The van der Waals surface area contributed by atoms with Gasteiger partial charge in [0.1, 0.15) is 0 Å². The number of carbonyl (C=O) groups is 2. The normalized spacial score (nSPS) is 21.0. The van der Waals surface area contributed by atoms with Crippen molar-refractivity contribution in [1.82, 2.24) is 5.32 Å². The number of hydrogen-bond donors (Lipinski definition) is 2. The van der Waals surface area contributed by atoms with Crippen LogP contribution in [0.1, 0.15) is 36.0 Å². The molecule has 0 aliphatic heterocycles. The summed E-state index contributed by atoms with van der Waals surface area (Å²) < 4.78 is 10.3. The van der Waals surface area contributed by atoms with Crippen molar-refractivity contribution in [1.29, 1.82) is 0 Å². The van der Waals surface area contributed by atoms with Crippen molar-refractivity contribution in [2.45, 2.75) is 31.7 Å². The largest absolute Gasteiger partial charge is 0.493 e. The van der Waals surface area contributed by atoms with E-state index in [4.69, 9.17) is 14.6 Å². The fourth-order valence-corrected chi connectivity index (χ4v) is 2.73. The average molecular weight is 307 g/mol. The molecular formula is C16H21NO5. The van der Waals surface area contributed by atoms with E-state index < -0.39 is 5.97 Å². The molecule has 1 aliphatic rings. The lowest BCUT2D eigenvalue weighted by Gasteiger charge is -2.26. The number of aliphatic carboxylic acids is 1. The molecule has 2 rings (SSSR count). The standard InChI is InChI=1S/C16H21NO5/c1-21-13-8-5-11(9-14(13)22-2)15(18)17-12-6-3-10(4-7-12)16(19)20/h5,8-10,12H,3-4,6-7H2,1-2H3,(H,17,18)(H,19,20). The second-order valence-electron chi connectivity index (χ2n) is 5.43. The van der Waals surface area contributed by atoms with Crippen LogP contribution in [-0.4, -0.2) is 37.2 Å². The molecule has 0 saturated heterocycles. The zero-order valence-electron chi connectivity index (χ0n) is 12.8. The zero-order valence-corrected chi connectivity index (χ0v) is 12.8. The predicted molar refractivity (Wildman–Crippen MR) is 80.4 cm³/mol. The Morgan fingerprint density at radius 1 is 1.09 bits per heavy atom. The summed E-state index contributed by atoms with van der Waals surface area (Å²) in [6.45, 7) is 0. The summed E-state index contributed by atoms with van der Waals surface area (Å²) >= 11 is 0. The van der Waals surface area contributed by atoms with Crippen molar-refractivity contribution >= 4 is 11.9 Å². The highest BCUT2D eigenvalue weighted by Gasteiger charge is 2.27. The molecule has 0 atom stereocenters. The number of hydrogen-bond acceptors (Lipinski definition) is 4. The minimum absolute atomic E-state index is 0.0243. The van der Waals surface area contributed by atoms with Crippen LogP contribution < -0.4 is 14.8 Å². The van der Waals surface area contributed by atoms with Gasteiger partial charge in [-0.25, -0.2) is 0 Å². The number of carboxylic acid groups (broad SMARTS) is 1. The van der Waals surface area contributed by atoms with Crippen LogP contribution in [0.4, 0.5) is 0 Å². The first-order valence-corrected chi connectivity index (χ1v) is 7.30. The average Bonchev–Trinajstić information content (AvgIpc) is 2.54. The molecule has 6 heteroatoms. The Balaban J connectivity index is 1.97. The van der Waals surface area contributed by atoms with Crippen molar-refractivity contribution in [2.24, 2.45) is 5.92 Å². The highest BCUT2D eigenvalue weighted by molar-refractivity contribution is 5.95. The summed E-state index contributed by atoms with van der Waals surface area (Å²) in [5, 5.41) is 11.9. The van der Waals surface area contributed by atoms with E-state index in [0.717, 1.165) is 0 Å². The SMILES string of the molecule is COc1ccc(C(=O)NC2CCC(C(=O)O)CC2)cc1OC. The molecule has 1 aliphatic carbocycles. The molecule has 0 unspecified atom stereocenters. The molecule has 0 spiro atoms. The number of ether oxygens (including phenoxy) is 2. The molecule has 0 radical (unpaired) electrons. The monoisotopic (exact) mass is 307 g/mol. The smallest absolute Gasteiger partial charge is 0.306 e. The summed E-state index contributed by atoms with van der Waals surface area (Å²) in [6, 6.07) is 5.03. The molecule has 0 aromatic heterocycles. The minimum atomic E-state index is -0.746. The molecule has 1 aromatic rings. The van der Waals surface area contributed by atoms with Crippen LogP contribution in [-0.2, 0) is 4.79 Å². The Labute approximate surface area is 129 Å². The van der Waals surface area contributed by atoms with E-state index >= 15 is 0 Å². The Kier molecular flexibility index (Phi) is 5.25. The molecule has 120 valence electrons. The summed E-state index contributed by atoms with van der Waals surface area (Å²) in [5.41, 5.74) is 0.498. The second kappa shape index (κ2) is 7.15. The molecule has 22 heavy (non-hydrogen) atoms. The third-order valence-corrected chi connectivity index (χ3v) is 4.06. The maximum atomic E-state index is 12.3. The molecule has 0 bridgehead atoms. The lowest BCUT2D eigenvalue weighted by atomic mass is 9.86. The van der Waals surface area contributed by atoms with E-state index in [0.29, 0.717) is 42.7 Å². The van der Waals surface area contributed by atoms with Gasteiger partial charge in [0.05, 0.1) is 20.1 Å². The molecule has 2 N–H and O–H groups in total. The highest BCUT2D eigenvalue weighted by Crippen LogP contribution is 2.28. The van der Waals surface area contributed by atoms with Gasteiger partial charge in [0.15, 0.2) is 11.5 Å². The first kappa shape index (κ1) is 16.1. The Bertz CT molecular complexity index is 549. The van der Waals surface area contributed by atoms with Crippen molar-refractivity contribution in [3.05, 3.63) is 23.8 Å². The number of nitrogens with one attached hydrogen (secondary N) is 1. The van der Waals surface area contributed by atoms with E-state index in [2.05, 4.69) is 5.32 Å². The van der Waals surface area contributed by atoms with Crippen LogP contribution in [0, 0.1) is 5.92 Å². The molecule has 1 saturated carbocycles. The van der Waals surface area contributed by atoms with Crippen LogP contribution >= 0.6 is 0 Å². The summed E-state index contributed by atoms with van der Waals surface area (Å²) in [7, 11) is 3.06. The van der Waals surface area contributed by atoms with Crippen LogP contribution in [0.3, 0.4) is 0 Å². The van der Waals surface area contributed by atoms with Crippen molar-refractivity contribution < 1.29 is 24.2 Å². The van der Waals surface area contributed by atoms with Gasteiger partial charge in [0.2, 0.25) is 0 Å². The molecule has 0 heterocycles. The number of rotatable bonds is 5. The van der Waals surface area contributed by atoms with Crippen molar-refractivity contribution in [2.75, 3.05) is 14.2 Å². The van der Waals surface area contributed by atoms with E-state index in [9.17, 15) is 9.59 Å². The fraction of sp³-hybridized carbons (Fsp3) is 0.500. The first-order chi connectivity index (χ1) is 10.5. The third-order valence-electron chi connectivity index (χ3n) is 4.06. The second-order valence-corrected chi connectivity index (χ2v) is 5.43. The zero-order chi connectivity index (χ0) is 16.1. The van der Waals surface area contributed by atoms with Gasteiger partial charge in [0.25, 0.3) is 5.91 Å². The van der Waals surface area contributed by atoms with Gasteiger partial charge in [-0.2, -0.15) is 0 Å². The minimum Gasteiger partial charge on any atom is -0.493 e. The van der Waals surface area contributed by atoms with E-state index in [1.807, 2.05) is 0 Å². The van der Waals surface area contributed by atoms with Crippen LogP contribution in [0.2, 0.25) is 0 Å². The van der Waals surface area contributed by atoms with Gasteiger partial charge >= 0.3 is 5.97 Å². The summed E-state index contributed by atoms with van der Waals surface area (Å²) in [5.74, 6) is -0.135. The molecule has 6 nitrogen and oxygen atoms in total. The van der Waals surface area contributed by atoms with Gasteiger partial charge in [-0.05, 0) is 43.9 Å². The maximum absolute atomic E-state index is 12.3. The number of methoxy groups -OCH3 is 2. The van der Waals surface area contributed by atoms with Crippen molar-refractivity contribution in [3.8, 4) is 11.5 Å². The Morgan fingerprint density at radius 3 is 2.27 bits per heavy atom. The maximum Gasteiger partial charge on any atom is 0.306 e. The van der Waals surface area contributed by atoms with Gasteiger partial charge in [-0.1, -0.05) is 0 Å². The Morgan fingerprint density at radius 2 is 1.73 bits per heavy atom. The molecule has 1 fully saturated rings. The number of benzene rings is 1. The van der Waals surface area contributed by atoms with Crippen molar-refractivity contribution in [3.63, 3.8) is 0 Å². The van der Waals surface area contributed by atoms with Gasteiger partial charge in [0, 0.05) is 11.6 Å². The summed E-state index contributed by atoms with van der Waals surface area (Å²) in [4.78, 5) is 23.2. The van der Waals surface area contributed by atoms with E-state index in [-0.39, 0.29) is 17.9 Å². The molecular weight excluding hydrogens is 286 g/mol. The number of carboxylic acids is 1. The summed E-state index contributed by atoms with van der Waals surface area (Å²) in [6.07, 6.45) is 2.59. The molecule has 1 amide bonds. The van der Waals surface area contributed by atoms with E-state index in [1.54, 1.807) is 25.3 Å². The van der Waals surface area contributed by atoms with Crippen LogP contribution in [0.5, 0.6) is 11.5 Å². The third kappa shape index (κ3) is 3.69. The predicted octanol–water partition coefficient (Wildman–Crippen LogP) is 2.08. The molecule has 1 aromatic carbocycles. The lowest BCUT2D eigenvalue weighted by molar-refractivity contribution is -0.142. The fourth-order valence-electron chi connectivity index (χ4n) is 2.73. The number of carbonyl (C=O) groups excluding carboxylic acids is 1. The highest BCUT2D eigenvalue weighted by atomic mass is 16.5. The van der Waals surface area contributed by atoms with Crippen LogP contribution in [0.25, 0.3) is 0 Å². The number of amides is 1. The van der Waals surface area contributed by atoms with Gasteiger partial charge < -0.3 is 19.9 Å². The first-order valence-electron chi connectivity index (χ1n) is 7.30. The van der Waals surface area contributed by atoms with Crippen LogP contribution in [0.15, 0.2) is 18.2 Å². The Hall–Kier alpha value is -2.24. The quantitative estimate of drug-likeness (QED) is 0.870. The van der Waals surface area contributed by atoms with E-state index in [1.165, 1.54) is 7.11 Å².